The zero-order chi connectivity index (χ0) is 22.2. The lowest BCUT2D eigenvalue weighted by Gasteiger charge is -2.09. The number of hydrogen-bond acceptors (Lipinski definition) is 4. The summed E-state index contributed by atoms with van der Waals surface area (Å²) < 4.78 is 2.21. The Morgan fingerprint density at radius 3 is 2.55 bits per heavy atom. The van der Waals surface area contributed by atoms with E-state index < -0.39 is 0 Å². The molecule has 2 aromatic carbocycles. The van der Waals surface area contributed by atoms with Gasteiger partial charge in [-0.15, -0.1) is 10.2 Å². The Kier molecular flexibility index (Phi) is 5.14. The second kappa shape index (κ2) is 8.44. The number of aromatic amines is 2. The van der Waals surface area contributed by atoms with Crippen LogP contribution in [-0.2, 0) is 11.2 Å². The molecule has 5 aromatic rings. The van der Waals surface area contributed by atoms with Crippen molar-refractivity contribution in [3.63, 3.8) is 0 Å². The normalized spacial score (nSPS) is 13.7. The van der Waals surface area contributed by atoms with Gasteiger partial charge in [0.1, 0.15) is 0 Å². The summed E-state index contributed by atoms with van der Waals surface area (Å²) in [7, 11) is 0. The van der Waals surface area contributed by atoms with Crippen LogP contribution in [0, 0.1) is 0 Å². The Bertz CT molecular complexity index is 1440. The van der Waals surface area contributed by atoms with Gasteiger partial charge in [-0.2, -0.15) is 0 Å². The van der Waals surface area contributed by atoms with Crippen LogP contribution in [0.3, 0.4) is 0 Å². The number of fused-ring (bicyclic) bond motifs is 2. The number of nitrogens with one attached hydrogen (secondary N) is 3. The van der Waals surface area contributed by atoms with Crippen LogP contribution in [0.2, 0.25) is 0 Å². The number of nitrogens with zero attached hydrogens (tertiary/aromatic N) is 3. The summed E-state index contributed by atoms with van der Waals surface area (Å²) >= 11 is 1.46. The van der Waals surface area contributed by atoms with Gasteiger partial charge in [-0.25, -0.2) is 0 Å². The average molecular weight is 457 g/mol. The topological polar surface area (TPSA) is 91.4 Å². The van der Waals surface area contributed by atoms with Gasteiger partial charge in [0, 0.05) is 52.3 Å². The molecule has 0 atom stereocenters. The quantitative estimate of drug-likeness (QED) is 0.295. The van der Waals surface area contributed by atoms with Crippen molar-refractivity contribution in [1.29, 1.82) is 0 Å². The largest absolute Gasteiger partial charge is 0.361 e. The fraction of sp³-hybridized carbons (Fsp3) is 0.240. The molecule has 1 aliphatic rings. The second-order valence-corrected chi connectivity index (χ2v) is 9.35. The Hall–Kier alpha value is -3.52. The maximum Gasteiger partial charge on any atom is 0.230 e. The lowest BCUT2D eigenvalue weighted by molar-refractivity contribution is -0.118. The van der Waals surface area contributed by atoms with Gasteiger partial charge >= 0.3 is 0 Å². The summed E-state index contributed by atoms with van der Waals surface area (Å²) in [6, 6.07) is 16.9. The molecular weight excluding hydrogens is 432 g/mol. The van der Waals surface area contributed by atoms with Gasteiger partial charge in [-0.1, -0.05) is 48.2 Å². The molecular formula is C25H24N6OS. The molecule has 166 valence electrons. The molecule has 3 N–H and O–H groups in total. The number of hydrogen-bond donors (Lipinski definition) is 3. The molecule has 7 nitrogen and oxygen atoms in total. The van der Waals surface area contributed by atoms with Crippen molar-refractivity contribution < 1.29 is 4.79 Å². The summed E-state index contributed by atoms with van der Waals surface area (Å²) in [5, 5.41) is 15.2. The number of H-pyrrole nitrogens is 2. The molecule has 1 aliphatic carbocycles. The third-order valence-electron chi connectivity index (χ3n) is 6.13. The maximum atomic E-state index is 12.5. The number of rotatable bonds is 8. The number of para-hydroxylation sites is 2. The van der Waals surface area contributed by atoms with Crippen molar-refractivity contribution in [2.45, 2.75) is 30.5 Å². The highest BCUT2D eigenvalue weighted by atomic mass is 32.2. The molecule has 0 bridgehead atoms. The zero-order valence-electron chi connectivity index (χ0n) is 18.0. The van der Waals surface area contributed by atoms with Crippen LogP contribution in [0.15, 0.2) is 66.1 Å². The molecule has 8 heteroatoms. The third-order valence-corrected chi connectivity index (χ3v) is 7.07. The highest BCUT2D eigenvalue weighted by Gasteiger charge is 2.31. The van der Waals surface area contributed by atoms with Gasteiger partial charge < -0.3 is 15.3 Å². The van der Waals surface area contributed by atoms with Crippen LogP contribution < -0.4 is 5.32 Å². The predicted octanol–water partition coefficient (Wildman–Crippen LogP) is 4.69. The minimum atomic E-state index is 0.0128. The van der Waals surface area contributed by atoms with E-state index in [0.717, 1.165) is 52.2 Å². The molecule has 3 aromatic heterocycles. The van der Waals surface area contributed by atoms with Crippen molar-refractivity contribution in [1.82, 2.24) is 30.0 Å². The fourth-order valence-electron chi connectivity index (χ4n) is 4.33. The fourth-order valence-corrected chi connectivity index (χ4v) is 5.17. The molecule has 0 unspecified atom stereocenters. The summed E-state index contributed by atoms with van der Waals surface area (Å²) in [4.78, 5) is 19.1. The van der Waals surface area contributed by atoms with Crippen molar-refractivity contribution in [3.8, 4) is 11.4 Å². The van der Waals surface area contributed by atoms with E-state index in [0.29, 0.717) is 18.3 Å². The van der Waals surface area contributed by atoms with Crippen molar-refractivity contribution in [3.05, 3.63) is 66.5 Å². The summed E-state index contributed by atoms with van der Waals surface area (Å²) in [5.74, 6) is 1.21. The Balaban J connectivity index is 1.11. The van der Waals surface area contributed by atoms with Crippen LogP contribution in [0.25, 0.3) is 33.2 Å². The van der Waals surface area contributed by atoms with E-state index in [1.54, 1.807) is 0 Å². The first-order chi connectivity index (χ1) is 16.3. The molecule has 1 fully saturated rings. The van der Waals surface area contributed by atoms with E-state index in [2.05, 4.69) is 54.3 Å². The van der Waals surface area contributed by atoms with E-state index in [-0.39, 0.29) is 5.91 Å². The number of amides is 1. The van der Waals surface area contributed by atoms with Crippen LogP contribution in [0.1, 0.15) is 24.4 Å². The highest BCUT2D eigenvalue weighted by Crippen LogP contribution is 2.42. The van der Waals surface area contributed by atoms with Crippen molar-refractivity contribution in [2.24, 2.45) is 0 Å². The monoisotopic (exact) mass is 456 g/mol. The highest BCUT2D eigenvalue weighted by molar-refractivity contribution is 7.99. The third kappa shape index (κ3) is 3.91. The average Bonchev–Trinajstić information content (AvgIpc) is 3.27. The van der Waals surface area contributed by atoms with Gasteiger partial charge in [-0.3, -0.25) is 9.36 Å². The van der Waals surface area contributed by atoms with Gasteiger partial charge in [0.05, 0.1) is 5.75 Å². The summed E-state index contributed by atoms with van der Waals surface area (Å²) in [5.41, 5.74) is 4.48. The van der Waals surface area contributed by atoms with Gasteiger partial charge in [-0.05, 0) is 37.0 Å². The number of carbonyl (C=O) groups excluding carboxylic acids is 1. The lowest BCUT2D eigenvalue weighted by atomic mass is 10.1. The molecule has 0 aliphatic heterocycles. The van der Waals surface area contributed by atoms with Gasteiger partial charge in [0.25, 0.3) is 0 Å². The van der Waals surface area contributed by atoms with E-state index in [1.807, 2.05) is 36.7 Å². The molecule has 0 spiro atoms. The van der Waals surface area contributed by atoms with E-state index >= 15 is 0 Å². The van der Waals surface area contributed by atoms with Crippen LogP contribution in [-0.4, -0.2) is 42.9 Å². The molecule has 0 radical (unpaired) electrons. The Labute approximate surface area is 195 Å². The van der Waals surface area contributed by atoms with Crippen LogP contribution >= 0.6 is 11.8 Å². The minimum Gasteiger partial charge on any atom is -0.361 e. The number of carbonyl (C=O) groups is 1. The van der Waals surface area contributed by atoms with E-state index in [9.17, 15) is 4.79 Å². The van der Waals surface area contributed by atoms with Crippen LogP contribution in [0.4, 0.5) is 0 Å². The second-order valence-electron chi connectivity index (χ2n) is 8.40. The van der Waals surface area contributed by atoms with Crippen molar-refractivity contribution in [2.75, 3.05) is 12.3 Å². The first kappa shape index (κ1) is 20.1. The SMILES string of the molecule is O=C(CSc1nnc(-c2c[nH]c3ccccc23)n1C1CC1)NCCc1c[nH]c2ccccc12. The van der Waals surface area contributed by atoms with Crippen LogP contribution in [0.5, 0.6) is 0 Å². The van der Waals surface area contributed by atoms with E-state index in [1.165, 1.54) is 22.7 Å². The maximum absolute atomic E-state index is 12.5. The number of aromatic nitrogens is 5. The molecule has 33 heavy (non-hydrogen) atoms. The Morgan fingerprint density at radius 1 is 1.00 bits per heavy atom. The van der Waals surface area contributed by atoms with Gasteiger partial charge in [0.2, 0.25) is 5.91 Å². The van der Waals surface area contributed by atoms with Gasteiger partial charge in [0.15, 0.2) is 11.0 Å². The molecule has 0 saturated heterocycles. The minimum absolute atomic E-state index is 0.0128. The molecule has 3 heterocycles. The summed E-state index contributed by atoms with van der Waals surface area (Å²) in [6.45, 7) is 0.608. The lowest BCUT2D eigenvalue weighted by Crippen LogP contribution is -2.27. The van der Waals surface area contributed by atoms with E-state index in [4.69, 9.17) is 0 Å². The number of thioether (sulfide) groups is 1. The standard InChI is InChI=1S/C25H24N6OS/c32-23(26-12-11-16-13-27-21-7-3-1-5-18(16)21)15-33-25-30-29-24(31(25)17-9-10-17)20-14-28-22-8-4-2-6-19(20)22/h1-8,13-14,17,27-28H,9-12,15H2,(H,26,32). The zero-order valence-corrected chi connectivity index (χ0v) is 18.9. The first-order valence-electron chi connectivity index (χ1n) is 11.2. The molecule has 6 rings (SSSR count). The smallest absolute Gasteiger partial charge is 0.230 e. The molecule has 1 saturated carbocycles. The number of benzene rings is 2. The first-order valence-corrected chi connectivity index (χ1v) is 12.2. The van der Waals surface area contributed by atoms with Crippen molar-refractivity contribution >= 4 is 39.5 Å². The predicted molar refractivity (Wildman–Crippen MR) is 131 cm³/mol. The molecule has 1 amide bonds. The Morgan fingerprint density at radius 2 is 1.73 bits per heavy atom. The summed E-state index contributed by atoms with van der Waals surface area (Å²) in [6.07, 6.45) is 7.06.